The number of benzene rings is 1. The van der Waals surface area contributed by atoms with E-state index in [-0.39, 0.29) is 31.0 Å². The van der Waals surface area contributed by atoms with E-state index in [9.17, 15) is 0 Å². The Kier molecular flexibility index (Phi) is 5.30. The second-order valence-electron chi connectivity index (χ2n) is 2.84. The van der Waals surface area contributed by atoms with Crippen LogP contribution in [0.5, 0.6) is 0 Å². The fraction of sp³-hybridized carbons (Fsp3) is 0. The molecule has 0 aliphatic carbocycles. The van der Waals surface area contributed by atoms with Crippen LogP contribution in [-0.2, 0) is 0 Å². The van der Waals surface area contributed by atoms with Crippen LogP contribution in [0.1, 0.15) is 1.43 Å². The Morgan fingerprint density at radius 3 is 2.44 bits per heavy atom. The molecule has 0 aliphatic rings. The average Bonchev–Trinajstić information content (AvgIpc) is 2.17. The molecule has 0 radical (unpaired) electrons. The van der Waals surface area contributed by atoms with Crippen LogP contribution >= 0.6 is 24.4 Å². The standard InChI is InChI=1S/C9H8N4S2.Na.H/c14-8-11-7(12-9(15)13-8)10-6-4-2-1-3-5-6;;/h1-5H,(H3,10,11,12,13,14,15);;/q;+1;-1. The fourth-order valence-electron chi connectivity index (χ4n) is 1.11. The van der Waals surface area contributed by atoms with Crippen LogP contribution in [0.3, 0.4) is 0 Å². The molecule has 0 spiro atoms. The second kappa shape index (κ2) is 6.27. The van der Waals surface area contributed by atoms with Crippen molar-refractivity contribution in [1.82, 2.24) is 15.0 Å². The van der Waals surface area contributed by atoms with Crippen LogP contribution in [-0.4, -0.2) is 15.0 Å². The van der Waals surface area contributed by atoms with Gasteiger partial charge in [0.05, 0.1) is 0 Å². The van der Waals surface area contributed by atoms with Crippen molar-refractivity contribution in [3.63, 3.8) is 0 Å². The number of rotatable bonds is 2. The van der Waals surface area contributed by atoms with Gasteiger partial charge in [0.2, 0.25) is 10.7 Å². The first-order valence-corrected chi connectivity index (χ1v) is 5.08. The van der Waals surface area contributed by atoms with E-state index < -0.39 is 0 Å². The zero-order chi connectivity index (χ0) is 10.7. The van der Waals surface area contributed by atoms with Crippen LogP contribution in [0.25, 0.3) is 0 Å². The number of H-pyrrole nitrogens is 2. The van der Waals surface area contributed by atoms with E-state index in [0.29, 0.717) is 15.5 Å². The van der Waals surface area contributed by atoms with Crippen molar-refractivity contribution >= 4 is 36.1 Å². The summed E-state index contributed by atoms with van der Waals surface area (Å²) in [6, 6.07) is 9.66. The maximum absolute atomic E-state index is 4.95. The zero-order valence-electron chi connectivity index (χ0n) is 9.65. The average molecular weight is 260 g/mol. The van der Waals surface area contributed by atoms with Crippen LogP contribution in [0.4, 0.5) is 11.6 Å². The molecule has 16 heavy (non-hydrogen) atoms. The summed E-state index contributed by atoms with van der Waals surface area (Å²) < 4.78 is 0.811. The minimum Gasteiger partial charge on any atom is -1.00 e. The number of aromatic nitrogens is 3. The van der Waals surface area contributed by atoms with Crippen molar-refractivity contribution in [2.45, 2.75) is 0 Å². The minimum absolute atomic E-state index is 0. The number of hydrogen-bond donors (Lipinski definition) is 3. The van der Waals surface area contributed by atoms with Crippen molar-refractivity contribution in [2.24, 2.45) is 0 Å². The van der Waals surface area contributed by atoms with E-state index >= 15 is 0 Å². The first kappa shape index (κ1) is 13.5. The summed E-state index contributed by atoms with van der Waals surface area (Å²) in [5.41, 5.74) is 0.927. The Balaban J connectivity index is 0.00000128. The molecule has 2 aromatic rings. The summed E-state index contributed by atoms with van der Waals surface area (Å²) in [5.74, 6) is 0.537. The van der Waals surface area contributed by atoms with Gasteiger partial charge in [-0.15, -0.1) is 0 Å². The van der Waals surface area contributed by atoms with Crippen LogP contribution in [0, 0.1) is 9.54 Å². The van der Waals surface area contributed by atoms with Crippen molar-refractivity contribution in [3.05, 3.63) is 39.9 Å². The third-order valence-corrected chi connectivity index (χ3v) is 2.10. The van der Waals surface area contributed by atoms with Crippen LogP contribution in [0.2, 0.25) is 0 Å². The molecule has 0 saturated heterocycles. The Morgan fingerprint density at radius 1 is 1.12 bits per heavy atom. The second-order valence-corrected chi connectivity index (χ2v) is 3.63. The number of aromatic amines is 2. The fourth-order valence-corrected chi connectivity index (χ4v) is 1.56. The maximum Gasteiger partial charge on any atom is 1.00 e. The molecule has 1 heterocycles. The Morgan fingerprint density at radius 2 is 1.81 bits per heavy atom. The third-order valence-electron chi connectivity index (χ3n) is 1.70. The van der Waals surface area contributed by atoms with E-state index in [1.165, 1.54) is 0 Å². The number of nitrogens with one attached hydrogen (secondary N) is 3. The van der Waals surface area contributed by atoms with Crippen molar-refractivity contribution in [3.8, 4) is 0 Å². The van der Waals surface area contributed by atoms with Crippen molar-refractivity contribution in [1.29, 1.82) is 0 Å². The third kappa shape index (κ3) is 3.80. The van der Waals surface area contributed by atoms with Gasteiger partial charge < -0.3 is 16.7 Å². The zero-order valence-corrected chi connectivity index (χ0v) is 12.3. The molecule has 78 valence electrons. The van der Waals surface area contributed by atoms with E-state index in [0.717, 1.165) is 5.69 Å². The molecule has 0 saturated carbocycles. The monoisotopic (exact) mass is 260 g/mol. The molecule has 0 aliphatic heterocycles. The minimum atomic E-state index is 0. The van der Waals surface area contributed by atoms with Gasteiger partial charge in [0.15, 0.2) is 4.77 Å². The summed E-state index contributed by atoms with van der Waals surface area (Å²) in [7, 11) is 0. The maximum atomic E-state index is 4.95. The Hall–Kier alpha value is -0.530. The Bertz CT molecular complexity index is 541. The van der Waals surface area contributed by atoms with E-state index in [2.05, 4.69) is 20.3 Å². The van der Waals surface area contributed by atoms with E-state index in [1.807, 2.05) is 30.3 Å². The molecular weight excluding hydrogens is 251 g/mol. The van der Waals surface area contributed by atoms with Crippen molar-refractivity contribution < 1.29 is 31.0 Å². The van der Waals surface area contributed by atoms with Gasteiger partial charge >= 0.3 is 29.6 Å². The molecule has 0 amide bonds. The molecule has 7 heteroatoms. The molecule has 1 aromatic heterocycles. The summed E-state index contributed by atoms with van der Waals surface area (Å²) in [5, 5.41) is 3.07. The van der Waals surface area contributed by atoms with Gasteiger partial charge in [0.25, 0.3) is 0 Å². The smallest absolute Gasteiger partial charge is 1.00 e. The molecule has 3 N–H and O–H groups in total. The summed E-state index contributed by atoms with van der Waals surface area (Å²) in [6.07, 6.45) is 0. The Labute approximate surface area is 126 Å². The summed E-state index contributed by atoms with van der Waals surface area (Å²) >= 11 is 9.86. The number of para-hydroxylation sites is 1. The number of hydrogen-bond acceptors (Lipinski definition) is 4. The molecular formula is C9H9N4NaS2. The van der Waals surface area contributed by atoms with E-state index in [4.69, 9.17) is 24.4 Å². The molecule has 0 bridgehead atoms. The quantitative estimate of drug-likeness (QED) is 0.528. The van der Waals surface area contributed by atoms with Gasteiger partial charge in [-0.05, 0) is 36.6 Å². The molecule has 0 atom stereocenters. The van der Waals surface area contributed by atoms with Crippen molar-refractivity contribution in [2.75, 3.05) is 5.32 Å². The largest absolute Gasteiger partial charge is 1.00 e. The first-order valence-electron chi connectivity index (χ1n) is 4.27. The van der Waals surface area contributed by atoms with Gasteiger partial charge in [-0.2, -0.15) is 4.98 Å². The normalized spacial score (nSPS) is 9.25. The van der Waals surface area contributed by atoms with Crippen LogP contribution in [0.15, 0.2) is 30.3 Å². The topological polar surface area (TPSA) is 56.5 Å². The number of anilines is 2. The van der Waals surface area contributed by atoms with E-state index in [1.54, 1.807) is 0 Å². The molecule has 1 aromatic carbocycles. The molecule has 0 fully saturated rings. The van der Waals surface area contributed by atoms with Gasteiger partial charge in [0.1, 0.15) is 0 Å². The molecule has 0 unspecified atom stereocenters. The van der Waals surface area contributed by atoms with Gasteiger partial charge in [0, 0.05) is 5.69 Å². The summed E-state index contributed by atoms with van der Waals surface area (Å²) in [6.45, 7) is 0. The van der Waals surface area contributed by atoms with Gasteiger partial charge in [-0.3, -0.25) is 0 Å². The molecule has 2 rings (SSSR count). The van der Waals surface area contributed by atoms with Gasteiger partial charge in [-0.1, -0.05) is 18.2 Å². The first-order chi connectivity index (χ1) is 7.24. The summed E-state index contributed by atoms with van der Waals surface area (Å²) in [4.78, 5) is 9.64. The van der Waals surface area contributed by atoms with Gasteiger partial charge in [-0.25, -0.2) is 0 Å². The number of nitrogens with zero attached hydrogens (tertiary/aromatic N) is 1. The predicted molar refractivity (Wildman–Crippen MR) is 65.4 cm³/mol. The SMILES string of the molecule is S=c1nc(Nc2ccccc2)[nH]c(=S)[nH]1.[H-].[Na+]. The predicted octanol–water partition coefficient (Wildman–Crippen LogP) is 0.0569. The van der Waals surface area contributed by atoms with Crippen LogP contribution < -0.4 is 34.9 Å². The molecule has 4 nitrogen and oxygen atoms in total.